The van der Waals surface area contributed by atoms with Crippen molar-refractivity contribution in [2.24, 2.45) is 23.0 Å². The van der Waals surface area contributed by atoms with E-state index in [2.05, 4.69) is 4.74 Å². The van der Waals surface area contributed by atoms with Gasteiger partial charge >= 0.3 is 12.1 Å². The van der Waals surface area contributed by atoms with E-state index in [1.807, 2.05) is 13.8 Å². The Kier molecular flexibility index (Phi) is 7.54. The van der Waals surface area contributed by atoms with Crippen LogP contribution in [-0.2, 0) is 14.3 Å². The lowest BCUT2D eigenvalue weighted by Crippen LogP contribution is -2.42. The number of hydrogen-bond acceptors (Lipinski definition) is 4. The lowest BCUT2D eigenvalue weighted by molar-refractivity contribution is -0.214. The zero-order valence-corrected chi connectivity index (χ0v) is 13.8. The van der Waals surface area contributed by atoms with Crippen molar-refractivity contribution < 1.29 is 27.5 Å². The topological polar surface area (TPSA) is 69.4 Å². The number of halogens is 3. The number of hydrogen-bond donors (Lipinski definition) is 1. The van der Waals surface area contributed by atoms with Crippen LogP contribution < -0.4 is 5.73 Å². The number of rotatable bonds is 8. The Morgan fingerprint density at radius 3 is 2.05 bits per heavy atom. The highest BCUT2D eigenvalue weighted by Gasteiger charge is 2.48. The molecule has 2 N–H and O–H groups in total. The summed E-state index contributed by atoms with van der Waals surface area (Å²) in [4.78, 5) is 23.7. The summed E-state index contributed by atoms with van der Waals surface area (Å²) >= 11 is 0. The number of ketones is 1. The molecule has 0 aliphatic rings. The van der Waals surface area contributed by atoms with Crippen molar-refractivity contribution in [3.63, 3.8) is 0 Å². The van der Waals surface area contributed by atoms with Gasteiger partial charge in [-0.15, -0.1) is 0 Å². The van der Waals surface area contributed by atoms with Crippen molar-refractivity contribution in [3.8, 4) is 0 Å². The Hall–Kier alpha value is -1.11. The van der Waals surface area contributed by atoms with Crippen LogP contribution in [0.3, 0.4) is 0 Å². The maximum absolute atomic E-state index is 12.8. The van der Waals surface area contributed by atoms with Gasteiger partial charge in [0.2, 0.25) is 0 Å². The zero-order valence-electron chi connectivity index (χ0n) is 13.8. The van der Waals surface area contributed by atoms with E-state index in [1.54, 1.807) is 0 Å². The van der Waals surface area contributed by atoms with Crippen molar-refractivity contribution in [1.29, 1.82) is 0 Å². The first-order valence-corrected chi connectivity index (χ1v) is 7.24. The molecule has 2 atom stereocenters. The van der Waals surface area contributed by atoms with Gasteiger partial charge in [0.25, 0.3) is 0 Å². The number of carbonyl (C=O) groups is 2. The fraction of sp³-hybridized carbons (Fsp3) is 0.867. The van der Waals surface area contributed by atoms with Gasteiger partial charge in [-0.3, -0.25) is 9.59 Å². The van der Waals surface area contributed by atoms with Crippen LogP contribution in [0.15, 0.2) is 0 Å². The number of esters is 1. The minimum absolute atomic E-state index is 0.153. The predicted octanol–water partition coefficient (Wildman–Crippen LogP) is 3.09. The van der Waals surface area contributed by atoms with Crippen LogP contribution in [-0.4, -0.2) is 31.1 Å². The molecule has 0 amide bonds. The Balaban J connectivity index is 4.84. The number of nitrogens with two attached hydrogens (primary N) is 1. The molecule has 0 aliphatic heterocycles. The SMILES string of the molecule is COC(=O)[C@@H](CC(=O)[C@H](N)CC(C)(C)C(F)(F)F)CC(C)C. The smallest absolute Gasteiger partial charge is 0.394 e. The van der Waals surface area contributed by atoms with Crippen molar-refractivity contribution in [2.75, 3.05) is 7.11 Å². The molecule has 0 aliphatic carbocycles. The van der Waals surface area contributed by atoms with E-state index in [9.17, 15) is 22.8 Å². The first kappa shape index (κ1) is 20.9. The molecule has 0 rings (SSSR count). The van der Waals surface area contributed by atoms with Gasteiger partial charge in [-0.1, -0.05) is 27.7 Å². The number of Topliss-reactive ketones (excluding diaryl/α,β-unsaturated/α-hetero) is 1. The molecule has 7 heteroatoms. The second-order valence-electron chi connectivity index (χ2n) is 6.71. The zero-order chi connectivity index (χ0) is 17.7. The average molecular weight is 325 g/mol. The molecule has 0 spiro atoms. The third kappa shape index (κ3) is 6.34. The van der Waals surface area contributed by atoms with Crippen LogP contribution in [0.2, 0.25) is 0 Å². The predicted molar refractivity (Wildman–Crippen MR) is 77.0 cm³/mol. The highest BCUT2D eigenvalue weighted by molar-refractivity contribution is 5.88. The van der Waals surface area contributed by atoms with Gasteiger partial charge in [0.1, 0.15) is 5.78 Å². The van der Waals surface area contributed by atoms with E-state index in [0.29, 0.717) is 6.42 Å². The highest BCUT2D eigenvalue weighted by Crippen LogP contribution is 2.41. The molecule has 0 aromatic heterocycles. The minimum atomic E-state index is -4.44. The van der Waals surface area contributed by atoms with Crippen molar-refractivity contribution >= 4 is 11.8 Å². The van der Waals surface area contributed by atoms with Gasteiger partial charge < -0.3 is 10.5 Å². The van der Waals surface area contributed by atoms with Crippen LogP contribution in [0.1, 0.15) is 47.0 Å². The Bertz CT molecular complexity index is 392. The molecule has 0 bridgehead atoms. The summed E-state index contributed by atoms with van der Waals surface area (Å²) in [6, 6.07) is -1.25. The van der Waals surface area contributed by atoms with Gasteiger partial charge in [-0.05, 0) is 18.8 Å². The number of ether oxygens (including phenoxy) is 1. The van der Waals surface area contributed by atoms with Crippen molar-refractivity contribution in [1.82, 2.24) is 0 Å². The molecule has 0 saturated carbocycles. The molecule has 0 saturated heterocycles. The summed E-state index contributed by atoms with van der Waals surface area (Å²) in [5.74, 6) is -1.60. The molecule has 130 valence electrons. The number of methoxy groups -OCH3 is 1. The Labute approximate surface area is 129 Å². The van der Waals surface area contributed by atoms with E-state index in [0.717, 1.165) is 13.8 Å². The van der Waals surface area contributed by atoms with Crippen molar-refractivity contribution in [2.45, 2.75) is 59.2 Å². The summed E-state index contributed by atoms with van der Waals surface area (Å²) in [5, 5.41) is 0. The quantitative estimate of drug-likeness (QED) is 0.696. The summed E-state index contributed by atoms with van der Waals surface area (Å²) in [7, 11) is 1.22. The van der Waals surface area contributed by atoms with Gasteiger partial charge in [0, 0.05) is 6.42 Å². The molecule has 0 radical (unpaired) electrons. The van der Waals surface area contributed by atoms with Crippen LogP contribution in [0.25, 0.3) is 0 Å². The fourth-order valence-electron chi connectivity index (χ4n) is 2.17. The van der Waals surface area contributed by atoms with Crippen LogP contribution >= 0.6 is 0 Å². The Morgan fingerprint density at radius 2 is 1.68 bits per heavy atom. The standard InChI is InChI=1S/C15H26F3NO3/c1-9(2)6-10(13(21)22-5)7-12(20)11(19)8-14(3,4)15(16,17)18/h9-11H,6-8,19H2,1-5H3/t10-,11-/m1/s1. The molecule has 0 aromatic rings. The van der Waals surface area contributed by atoms with E-state index < -0.39 is 41.7 Å². The van der Waals surface area contributed by atoms with Crippen LogP contribution in [0.4, 0.5) is 13.2 Å². The average Bonchev–Trinajstić information content (AvgIpc) is 2.34. The third-order valence-electron chi connectivity index (χ3n) is 3.65. The molecule has 0 unspecified atom stereocenters. The monoisotopic (exact) mass is 325 g/mol. The summed E-state index contributed by atoms with van der Waals surface area (Å²) < 4.78 is 43.1. The number of carbonyl (C=O) groups excluding carboxylic acids is 2. The molecular weight excluding hydrogens is 299 g/mol. The van der Waals surface area contributed by atoms with E-state index in [1.165, 1.54) is 7.11 Å². The van der Waals surface area contributed by atoms with Gasteiger partial charge in [0.15, 0.2) is 0 Å². The van der Waals surface area contributed by atoms with Gasteiger partial charge in [0.05, 0.1) is 24.5 Å². The van der Waals surface area contributed by atoms with Gasteiger partial charge in [-0.25, -0.2) is 0 Å². The first-order chi connectivity index (χ1) is 9.81. The largest absolute Gasteiger partial charge is 0.469 e. The van der Waals surface area contributed by atoms with E-state index in [-0.39, 0.29) is 12.3 Å². The Morgan fingerprint density at radius 1 is 1.18 bits per heavy atom. The second-order valence-corrected chi connectivity index (χ2v) is 6.71. The molecule has 0 aromatic carbocycles. The fourth-order valence-corrected chi connectivity index (χ4v) is 2.17. The summed E-state index contributed by atoms with van der Waals surface area (Å²) in [6.45, 7) is 5.78. The summed E-state index contributed by atoms with van der Waals surface area (Å²) in [5.41, 5.74) is 3.56. The molecule has 0 fully saturated rings. The van der Waals surface area contributed by atoms with Crippen LogP contribution in [0.5, 0.6) is 0 Å². The maximum atomic E-state index is 12.8. The minimum Gasteiger partial charge on any atom is -0.469 e. The van der Waals surface area contributed by atoms with Crippen LogP contribution in [0, 0.1) is 17.3 Å². The van der Waals surface area contributed by atoms with Gasteiger partial charge in [-0.2, -0.15) is 13.2 Å². The normalized spacial score (nSPS) is 15.5. The second kappa shape index (κ2) is 7.94. The molecule has 22 heavy (non-hydrogen) atoms. The van der Waals surface area contributed by atoms with E-state index in [4.69, 9.17) is 5.73 Å². The maximum Gasteiger partial charge on any atom is 0.394 e. The molecule has 4 nitrogen and oxygen atoms in total. The lowest BCUT2D eigenvalue weighted by Gasteiger charge is -2.30. The summed E-state index contributed by atoms with van der Waals surface area (Å²) in [6.07, 6.45) is -4.72. The van der Waals surface area contributed by atoms with E-state index >= 15 is 0 Å². The van der Waals surface area contributed by atoms with Crippen molar-refractivity contribution in [3.05, 3.63) is 0 Å². The molecule has 0 heterocycles. The number of alkyl halides is 3. The third-order valence-corrected chi connectivity index (χ3v) is 3.65. The lowest BCUT2D eigenvalue weighted by atomic mass is 9.82. The highest BCUT2D eigenvalue weighted by atomic mass is 19.4. The first-order valence-electron chi connectivity index (χ1n) is 7.24. The molecular formula is C15H26F3NO3.